The maximum atomic E-state index is 10.3. The fourth-order valence-electron chi connectivity index (χ4n) is 2.04. The van der Waals surface area contributed by atoms with Gasteiger partial charge in [0.1, 0.15) is 5.75 Å². The number of rotatable bonds is 8. The van der Waals surface area contributed by atoms with Gasteiger partial charge in [-0.05, 0) is 26.2 Å². The molecule has 0 unspecified atom stereocenters. The van der Waals surface area contributed by atoms with Crippen LogP contribution in [0.1, 0.15) is 11.1 Å². The van der Waals surface area contributed by atoms with E-state index in [1.165, 1.54) is 0 Å². The Bertz CT molecular complexity index is 394. The van der Waals surface area contributed by atoms with Crippen LogP contribution >= 0.6 is 11.6 Å². The third-order valence-corrected chi connectivity index (χ3v) is 3.29. The minimum atomic E-state index is 0.0733. The van der Waals surface area contributed by atoms with E-state index in [1.807, 2.05) is 23.9 Å². The Labute approximate surface area is 125 Å². The van der Waals surface area contributed by atoms with Crippen LogP contribution in [0.3, 0.4) is 0 Å². The Morgan fingerprint density at radius 3 is 1.70 bits per heavy atom. The molecule has 0 saturated carbocycles. The number of halogens is 1. The monoisotopic (exact) mass is 302 g/mol. The van der Waals surface area contributed by atoms with Crippen LogP contribution in [0.2, 0.25) is 5.02 Å². The number of benzene rings is 1. The maximum Gasteiger partial charge on any atom is 0.124 e. The van der Waals surface area contributed by atoms with Crippen LogP contribution in [0.5, 0.6) is 5.75 Å². The molecular formula is C14H23ClN2O3. The molecule has 0 aromatic heterocycles. The van der Waals surface area contributed by atoms with Crippen molar-refractivity contribution in [2.45, 2.75) is 13.1 Å². The van der Waals surface area contributed by atoms with Crippen LogP contribution in [0.4, 0.5) is 0 Å². The summed E-state index contributed by atoms with van der Waals surface area (Å²) in [5.41, 5.74) is 1.47. The van der Waals surface area contributed by atoms with E-state index in [1.54, 1.807) is 12.1 Å². The zero-order valence-electron chi connectivity index (χ0n) is 12.0. The second-order valence-corrected chi connectivity index (χ2v) is 5.43. The van der Waals surface area contributed by atoms with E-state index in [9.17, 15) is 5.11 Å². The molecule has 1 aromatic carbocycles. The van der Waals surface area contributed by atoms with Crippen molar-refractivity contribution in [1.29, 1.82) is 0 Å². The number of aromatic hydroxyl groups is 1. The van der Waals surface area contributed by atoms with Crippen molar-refractivity contribution < 1.29 is 15.3 Å². The fraction of sp³-hybridized carbons (Fsp3) is 0.571. The third-order valence-electron chi connectivity index (χ3n) is 3.08. The van der Waals surface area contributed by atoms with Crippen LogP contribution in [-0.4, -0.2) is 65.5 Å². The van der Waals surface area contributed by atoms with E-state index >= 15 is 0 Å². The van der Waals surface area contributed by atoms with Crippen LogP contribution in [0.15, 0.2) is 12.1 Å². The average molecular weight is 303 g/mol. The quantitative estimate of drug-likeness (QED) is 0.666. The number of hydrogen-bond acceptors (Lipinski definition) is 5. The molecule has 0 fully saturated rings. The molecular weight excluding hydrogens is 280 g/mol. The first-order valence-electron chi connectivity index (χ1n) is 6.57. The van der Waals surface area contributed by atoms with Crippen molar-refractivity contribution in [2.24, 2.45) is 0 Å². The summed E-state index contributed by atoms with van der Waals surface area (Å²) in [4.78, 5) is 3.82. The van der Waals surface area contributed by atoms with Gasteiger partial charge in [0.25, 0.3) is 0 Å². The first-order chi connectivity index (χ1) is 9.47. The van der Waals surface area contributed by atoms with Gasteiger partial charge in [-0.3, -0.25) is 9.80 Å². The average Bonchev–Trinajstić information content (AvgIpc) is 2.35. The highest BCUT2D eigenvalue weighted by molar-refractivity contribution is 6.30. The lowest BCUT2D eigenvalue weighted by atomic mass is 10.1. The van der Waals surface area contributed by atoms with E-state index in [2.05, 4.69) is 0 Å². The van der Waals surface area contributed by atoms with Gasteiger partial charge in [-0.2, -0.15) is 0 Å². The van der Waals surface area contributed by atoms with Gasteiger partial charge in [-0.1, -0.05) is 11.6 Å². The number of aliphatic hydroxyl groups is 2. The molecule has 0 aliphatic carbocycles. The van der Waals surface area contributed by atoms with Gasteiger partial charge in [-0.15, -0.1) is 0 Å². The summed E-state index contributed by atoms with van der Waals surface area (Å²) in [6.45, 7) is 2.25. The maximum absolute atomic E-state index is 10.3. The molecule has 20 heavy (non-hydrogen) atoms. The number of likely N-dealkylation sites (N-methyl/N-ethyl adjacent to an activating group) is 2. The number of phenols is 1. The van der Waals surface area contributed by atoms with Gasteiger partial charge in [0, 0.05) is 42.3 Å². The van der Waals surface area contributed by atoms with E-state index < -0.39 is 0 Å². The molecule has 0 aliphatic heterocycles. The molecule has 114 valence electrons. The van der Waals surface area contributed by atoms with Crippen molar-refractivity contribution in [3.05, 3.63) is 28.3 Å². The molecule has 5 nitrogen and oxygen atoms in total. The summed E-state index contributed by atoms with van der Waals surface area (Å²) in [5.74, 6) is 0.226. The molecule has 0 spiro atoms. The summed E-state index contributed by atoms with van der Waals surface area (Å²) in [5, 5.41) is 28.7. The van der Waals surface area contributed by atoms with Gasteiger partial charge in [0.05, 0.1) is 13.2 Å². The van der Waals surface area contributed by atoms with Crippen molar-refractivity contribution in [2.75, 3.05) is 40.4 Å². The zero-order chi connectivity index (χ0) is 15.1. The smallest absolute Gasteiger partial charge is 0.124 e. The second-order valence-electron chi connectivity index (χ2n) is 5.00. The molecule has 0 aliphatic rings. The number of hydrogen-bond donors (Lipinski definition) is 3. The highest BCUT2D eigenvalue weighted by atomic mass is 35.5. The largest absolute Gasteiger partial charge is 0.507 e. The number of nitrogens with zero attached hydrogens (tertiary/aromatic N) is 2. The first kappa shape index (κ1) is 17.2. The predicted octanol–water partition coefficient (Wildman–Crippen LogP) is 0.894. The molecule has 0 saturated heterocycles. The molecule has 6 heteroatoms. The lowest BCUT2D eigenvalue weighted by Gasteiger charge is -2.20. The van der Waals surface area contributed by atoms with E-state index in [0.29, 0.717) is 31.2 Å². The Morgan fingerprint density at radius 1 is 0.950 bits per heavy atom. The summed E-state index contributed by atoms with van der Waals surface area (Å²) in [6, 6.07) is 3.47. The molecule has 3 N–H and O–H groups in total. The van der Waals surface area contributed by atoms with Crippen LogP contribution < -0.4 is 0 Å². The fourth-order valence-corrected chi connectivity index (χ4v) is 2.30. The van der Waals surface area contributed by atoms with Gasteiger partial charge in [0.2, 0.25) is 0 Å². The molecule has 0 bridgehead atoms. The first-order valence-corrected chi connectivity index (χ1v) is 6.94. The highest BCUT2D eigenvalue weighted by Gasteiger charge is 2.13. The molecule has 1 rings (SSSR count). The zero-order valence-corrected chi connectivity index (χ0v) is 12.8. The Hall–Kier alpha value is -0.850. The molecule has 1 aromatic rings. The standard InChI is InChI=1S/C14H23ClN2O3/c1-16(3-5-18)9-11-7-13(15)8-12(14(11)20)10-17(2)4-6-19/h7-8,18-20H,3-6,9-10H2,1-2H3. The molecule has 0 amide bonds. The third kappa shape index (κ3) is 5.26. The Balaban J connectivity index is 2.88. The van der Waals surface area contributed by atoms with E-state index in [0.717, 1.165) is 11.1 Å². The highest BCUT2D eigenvalue weighted by Crippen LogP contribution is 2.29. The SMILES string of the molecule is CN(CCO)Cc1cc(Cl)cc(CN(C)CCO)c1O. The topological polar surface area (TPSA) is 67.2 Å². The minimum Gasteiger partial charge on any atom is -0.507 e. The number of phenolic OH excluding ortho intramolecular Hbond substituents is 1. The summed E-state index contributed by atoms with van der Waals surface area (Å²) >= 11 is 6.10. The molecule has 0 atom stereocenters. The van der Waals surface area contributed by atoms with Crippen molar-refractivity contribution >= 4 is 11.6 Å². The lowest BCUT2D eigenvalue weighted by molar-refractivity contribution is 0.213. The normalized spacial score (nSPS) is 11.6. The van der Waals surface area contributed by atoms with Crippen molar-refractivity contribution in [1.82, 2.24) is 9.80 Å². The molecule has 0 heterocycles. The van der Waals surface area contributed by atoms with Crippen LogP contribution in [-0.2, 0) is 13.1 Å². The van der Waals surface area contributed by atoms with Gasteiger partial charge >= 0.3 is 0 Å². The van der Waals surface area contributed by atoms with Crippen LogP contribution in [0.25, 0.3) is 0 Å². The van der Waals surface area contributed by atoms with E-state index in [-0.39, 0.29) is 19.0 Å². The summed E-state index contributed by atoms with van der Waals surface area (Å²) < 4.78 is 0. The molecule has 0 radical (unpaired) electrons. The Morgan fingerprint density at radius 2 is 1.35 bits per heavy atom. The predicted molar refractivity (Wildman–Crippen MR) is 80.0 cm³/mol. The van der Waals surface area contributed by atoms with Gasteiger partial charge in [0.15, 0.2) is 0 Å². The van der Waals surface area contributed by atoms with Crippen LogP contribution in [0, 0.1) is 0 Å². The van der Waals surface area contributed by atoms with Gasteiger partial charge in [-0.25, -0.2) is 0 Å². The number of aliphatic hydroxyl groups excluding tert-OH is 2. The van der Waals surface area contributed by atoms with Gasteiger partial charge < -0.3 is 15.3 Å². The lowest BCUT2D eigenvalue weighted by Crippen LogP contribution is -2.23. The van der Waals surface area contributed by atoms with Crippen molar-refractivity contribution in [3.8, 4) is 5.75 Å². The Kier molecular flexibility index (Phi) is 7.26. The second kappa shape index (κ2) is 8.44. The summed E-state index contributed by atoms with van der Waals surface area (Å²) in [6.07, 6.45) is 0. The minimum absolute atomic E-state index is 0.0733. The van der Waals surface area contributed by atoms with E-state index in [4.69, 9.17) is 21.8 Å². The van der Waals surface area contributed by atoms with Crippen molar-refractivity contribution in [3.63, 3.8) is 0 Å². The summed E-state index contributed by atoms with van der Waals surface area (Å²) in [7, 11) is 3.74.